The molecular formula is C30H31N7O3. The van der Waals surface area contributed by atoms with Crippen molar-refractivity contribution in [3.8, 4) is 0 Å². The van der Waals surface area contributed by atoms with Crippen molar-refractivity contribution in [2.24, 2.45) is 0 Å². The van der Waals surface area contributed by atoms with Crippen molar-refractivity contribution >= 4 is 33.9 Å². The number of anilines is 1. The van der Waals surface area contributed by atoms with E-state index >= 15 is 0 Å². The lowest BCUT2D eigenvalue weighted by atomic mass is 10.1. The number of pyridine rings is 1. The third-order valence-electron chi connectivity index (χ3n) is 7.96. The molecule has 204 valence electrons. The summed E-state index contributed by atoms with van der Waals surface area (Å²) in [4.78, 5) is 26.3. The van der Waals surface area contributed by atoms with Crippen molar-refractivity contribution < 1.29 is 14.6 Å². The molecule has 0 aliphatic carbocycles. The summed E-state index contributed by atoms with van der Waals surface area (Å²) in [5, 5.41) is 15.1. The maximum atomic E-state index is 11.6. The SMILES string of the molecule is O=C(O)c1ccc2nc(CN3CCN(c4ccc5cnn(Cc6ccccc6)c5n4)CC3)n(C[C@@H]3CCO3)c2c1. The number of rotatable bonds is 8. The van der Waals surface area contributed by atoms with Crippen LogP contribution in [0.2, 0.25) is 0 Å². The van der Waals surface area contributed by atoms with E-state index in [1.165, 1.54) is 5.56 Å². The van der Waals surface area contributed by atoms with Gasteiger partial charge in [0.15, 0.2) is 5.65 Å². The molecular weight excluding hydrogens is 506 g/mol. The second-order valence-corrected chi connectivity index (χ2v) is 10.6. The Bertz CT molecular complexity index is 1670. The average molecular weight is 538 g/mol. The molecule has 0 amide bonds. The lowest BCUT2D eigenvalue weighted by molar-refractivity contribution is -0.0592. The lowest BCUT2D eigenvalue weighted by Gasteiger charge is -2.35. The summed E-state index contributed by atoms with van der Waals surface area (Å²) >= 11 is 0. The molecule has 2 fully saturated rings. The normalized spacial score (nSPS) is 17.9. The van der Waals surface area contributed by atoms with E-state index in [2.05, 4.69) is 43.7 Å². The number of fused-ring (bicyclic) bond motifs is 2. The van der Waals surface area contributed by atoms with E-state index < -0.39 is 5.97 Å². The van der Waals surface area contributed by atoms with Gasteiger partial charge in [-0.2, -0.15) is 5.10 Å². The van der Waals surface area contributed by atoms with Gasteiger partial charge in [0.05, 0.1) is 48.5 Å². The summed E-state index contributed by atoms with van der Waals surface area (Å²) in [6.45, 7) is 6.35. The van der Waals surface area contributed by atoms with E-state index in [0.29, 0.717) is 19.6 Å². The molecule has 7 rings (SSSR count). The Morgan fingerprint density at radius 1 is 0.975 bits per heavy atom. The highest BCUT2D eigenvalue weighted by atomic mass is 16.5. The Hall–Kier alpha value is -4.28. The summed E-state index contributed by atoms with van der Waals surface area (Å²) in [5.41, 5.74) is 4.05. The largest absolute Gasteiger partial charge is 0.478 e. The highest BCUT2D eigenvalue weighted by molar-refractivity contribution is 5.92. The van der Waals surface area contributed by atoms with Crippen molar-refractivity contribution in [3.05, 3.63) is 83.8 Å². The second-order valence-electron chi connectivity index (χ2n) is 10.6. The van der Waals surface area contributed by atoms with Crippen LogP contribution in [0.15, 0.2) is 66.9 Å². The molecule has 0 unspecified atom stereocenters. The van der Waals surface area contributed by atoms with Crippen LogP contribution in [0, 0.1) is 0 Å². The molecule has 2 aliphatic heterocycles. The van der Waals surface area contributed by atoms with Crippen molar-refractivity contribution in [1.82, 2.24) is 29.2 Å². The highest BCUT2D eigenvalue weighted by Gasteiger charge is 2.25. The maximum Gasteiger partial charge on any atom is 0.335 e. The van der Waals surface area contributed by atoms with Crippen LogP contribution in [-0.4, -0.2) is 79.2 Å². The van der Waals surface area contributed by atoms with Crippen molar-refractivity contribution in [3.63, 3.8) is 0 Å². The van der Waals surface area contributed by atoms with Gasteiger partial charge in [0.25, 0.3) is 0 Å². The first-order valence-corrected chi connectivity index (χ1v) is 13.8. The fourth-order valence-corrected chi connectivity index (χ4v) is 5.59. The number of aromatic nitrogens is 5. The first-order chi connectivity index (χ1) is 19.6. The lowest BCUT2D eigenvalue weighted by Crippen LogP contribution is -2.46. The number of aromatic carboxylic acids is 1. The number of piperazine rings is 1. The zero-order chi connectivity index (χ0) is 27.1. The van der Waals surface area contributed by atoms with E-state index in [9.17, 15) is 9.90 Å². The van der Waals surface area contributed by atoms with Gasteiger partial charge >= 0.3 is 5.97 Å². The summed E-state index contributed by atoms with van der Waals surface area (Å²) in [6, 6.07) is 19.7. The van der Waals surface area contributed by atoms with Crippen LogP contribution in [0.4, 0.5) is 5.82 Å². The van der Waals surface area contributed by atoms with Crippen LogP contribution in [0.1, 0.15) is 28.2 Å². The molecule has 5 heterocycles. The molecule has 2 aromatic carbocycles. The second kappa shape index (κ2) is 10.4. The molecule has 0 spiro atoms. The minimum Gasteiger partial charge on any atom is -0.478 e. The third kappa shape index (κ3) is 4.80. The molecule has 5 aromatic rings. The van der Waals surface area contributed by atoms with Gasteiger partial charge in [0, 0.05) is 38.2 Å². The number of carbonyl (C=O) groups is 1. The number of carboxylic acids is 1. The standard InChI is InChI=1S/C30H31N7O3/c38-30(39)22-6-8-25-26(16-22)36(19-24-10-15-40-24)28(32-25)20-34-11-13-35(14-12-34)27-9-7-23-17-31-37(29(23)33-27)18-21-4-2-1-3-5-21/h1-9,16-17,24H,10-15,18-20H2,(H,38,39)/t24-/m0/s1. The molecule has 10 heteroatoms. The fourth-order valence-electron chi connectivity index (χ4n) is 5.59. The van der Waals surface area contributed by atoms with Crippen molar-refractivity contribution in [2.75, 3.05) is 37.7 Å². The molecule has 2 saturated heterocycles. The molecule has 0 bridgehead atoms. The number of hydrogen-bond donors (Lipinski definition) is 1. The highest BCUT2D eigenvalue weighted by Crippen LogP contribution is 2.25. The van der Waals surface area contributed by atoms with E-state index in [4.69, 9.17) is 14.7 Å². The van der Waals surface area contributed by atoms with Gasteiger partial charge in [-0.05, 0) is 42.3 Å². The minimum absolute atomic E-state index is 0.151. The number of imidazole rings is 1. The zero-order valence-corrected chi connectivity index (χ0v) is 22.2. The van der Waals surface area contributed by atoms with E-state index in [0.717, 1.165) is 72.9 Å². The van der Waals surface area contributed by atoms with Gasteiger partial charge in [-0.15, -0.1) is 0 Å². The number of benzene rings is 2. The first kappa shape index (κ1) is 24.7. The molecule has 1 atom stereocenters. The topological polar surface area (TPSA) is 102 Å². The van der Waals surface area contributed by atoms with Gasteiger partial charge in [0.1, 0.15) is 11.6 Å². The van der Waals surface area contributed by atoms with Crippen LogP contribution >= 0.6 is 0 Å². The van der Waals surface area contributed by atoms with Crippen molar-refractivity contribution in [1.29, 1.82) is 0 Å². The number of carboxylic acid groups (broad SMARTS) is 1. The molecule has 1 N–H and O–H groups in total. The minimum atomic E-state index is -0.929. The average Bonchev–Trinajstić information content (AvgIpc) is 3.51. The Labute approximate surface area is 231 Å². The first-order valence-electron chi connectivity index (χ1n) is 13.8. The number of hydrogen-bond acceptors (Lipinski definition) is 7. The van der Waals surface area contributed by atoms with E-state index in [-0.39, 0.29) is 11.7 Å². The monoisotopic (exact) mass is 537 g/mol. The predicted octanol–water partition coefficient (Wildman–Crippen LogP) is 3.64. The quantitative estimate of drug-likeness (QED) is 0.320. The van der Waals surface area contributed by atoms with Gasteiger partial charge in [-0.25, -0.2) is 19.4 Å². The fraction of sp³-hybridized carbons (Fsp3) is 0.333. The van der Waals surface area contributed by atoms with Gasteiger partial charge < -0.3 is 19.3 Å². The van der Waals surface area contributed by atoms with E-state index in [1.807, 2.05) is 35.1 Å². The number of ether oxygens (including phenoxy) is 1. The Kier molecular flexibility index (Phi) is 6.41. The summed E-state index contributed by atoms with van der Waals surface area (Å²) < 4.78 is 9.83. The van der Waals surface area contributed by atoms with Crippen LogP contribution in [0.3, 0.4) is 0 Å². The third-order valence-corrected chi connectivity index (χ3v) is 7.96. The van der Waals surface area contributed by atoms with Gasteiger partial charge in [-0.3, -0.25) is 4.90 Å². The number of nitrogens with zero attached hydrogens (tertiary/aromatic N) is 7. The molecule has 40 heavy (non-hydrogen) atoms. The van der Waals surface area contributed by atoms with Crippen LogP contribution in [0.25, 0.3) is 22.1 Å². The molecule has 3 aromatic heterocycles. The predicted molar refractivity (Wildman–Crippen MR) is 152 cm³/mol. The molecule has 0 radical (unpaired) electrons. The van der Waals surface area contributed by atoms with Crippen LogP contribution in [0.5, 0.6) is 0 Å². The Morgan fingerprint density at radius 2 is 1.80 bits per heavy atom. The van der Waals surface area contributed by atoms with Crippen LogP contribution < -0.4 is 4.90 Å². The maximum absolute atomic E-state index is 11.6. The Balaban J connectivity index is 1.07. The van der Waals surface area contributed by atoms with Crippen LogP contribution in [-0.2, 0) is 24.4 Å². The van der Waals surface area contributed by atoms with Gasteiger partial charge in [-0.1, -0.05) is 30.3 Å². The van der Waals surface area contributed by atoms with E-state index in [1.54, 1.807) is 12.1 Å². The van der Waals surface area contributed by atoms with Crippen molar-refractivity contribution in [2.45, 2.75) is 32.2 Å². The molecule has 2 aliphatic rings. The zero-order valence-electron chi connectivity index (χ0n) is 22.2. The molecule has 0 saturated carbocycles. The summed E-state index contributed by atoms with van der Waals surface area (Å²) in [6.07, 6.45) is 3.04. The summed E-state index contributed by atoms with van der Waals surface area (Å²) in [7, 11) is 0. The van der Waals surface area contributed by atoms with Gasteiger partial charge in [0.2, 0.25) is 0 Å². The summed E-state index contributed by atoms with van der Waals surface area (Å²) in [5.74, 6) is 0.991. The smallest absolute Gasteiger partial charge is 0.335 e. The molecule has 10 nitrogen and oxygen atoms in total. The Morgan fingerprint density at radius 3 is 2.55 bits per heavy atom.